The van der Waals surface area contributed by atoms with Gasteiger partial charge in [0.25, 0.3) is 0 Å². The first-order valence-corrected chi connectivity index (χ1v) is 7.25. The molecule has 17 heavy (non-hydrogen) atoms. The number of hydrogen-bond donors (Lipinski definition) is 2. The van der Waals surface area contributed by atoms with Crippen molar-refractivity contribution in [3.05, 3.63) is 27.7 Å². The van der Waals surface area contributed by atoms with Crippen LogP contribution in [0.5, 0.6) is 0 Å². The van der Waals surface area contributed by atoms with Gasteiger partial charge in [0.2, 0.25) is 10.0 Å². The van der Waals surface area contributed by atoms with E-state index in [0.717, 1.165) is 5.56 Å². The number of anilines is 1. The summed E-state index contributed by atoms with van der Waals surface area (Å²) in [5, 5.41) is 0.0610. The monoisotopic (exact) mass is 296 g/mol. The molecule has 0 aromatic heterocycles. The summed E-state index contributed by atoms with van der Waals surface area (Å²) in [4.78, 5) is 0. The molecule has 0 bridgehead atoms. The second kappa shape index (κ2) is 5.44. The van der Waals surface area contributed by atoms with Crippen molar-refractivity contribution in [3.63, 3.8) is 0 Å². The summed E-state index contributed by atoms with van der Waals surface area (Å²) in [5.41, 5.74) is 6.38. The molecule has 96 valence electrons. The largest absolute Gasteiger partial charge is 0.329 e. The summed E-state index contributed by atoms with van der Waals surface area (Å²) in [6.45, 7) is 3.34. The first kappa shape index (κ1) is 14.6. The van der Waals surface area contributed by atoms with Crippen molar-refractivity contribution in [1.29, 1.82) is 0 Å². The molecular formula is C10H14Cl2N2O2S. The highest BCUT2D eigenvalue weighted by atomic mass is 35.5. The highest BCUT2D eigenvalue weighted by molar-refractivity contribution is 7.93. The van der Waals surface area contributed by atoms with Gasteiger partial charge >= 0.3 is 0 Å². The maximum absolute atomic E-state index is 11.8. The quantitative estimate of drug-likeness (QED) is 0.896. The number of rotatable bonds is 4. The lowest BCUT2D eigenvalue weighted by atomic mass is 10.2. The van der Waals surface area contributed by atoms with E-state index in [2.05, 4.69) is 4.72 Å². The van der Waals surface area contributed by atoms with Crippen LogP contribution in [-0.2, 0) is 10.0 Å². The van der Waals surface area contributed by atoms with E-state index in [1.54, 1.807) is 13.0 Å². The summed E-state index contributed by atoms with van der Waals surface area (Å²) < 4.78 is 26.0. The highest BCUT2D eigenvalue weighted by Gasteiger charge is 2.20. The Morgan fingerprint density at radius 3 is 2.47 bits per heavy atom. The molecule has 0 aliphatic rings. The summed E-state index contributed by atoms with van der Waals surface area (Å²) in [6.07, 6.45) is 0. The van der Waals surface area contributed by atoms with E-state index in [1.807, 2.05) is 0 Å². The van der Waals surface area contributed by atoms with Crippen molar-refractivity contribution in [2.75, 3.05) is 11.3 Å². The molecule has 1 unspecified atom stereocenters. The normalized spacial score (nSPS) is 13.5. The molecule has 0 fully saturated rings. The number of hydrogen-bond acceptors (Lipinski definition) is 3. The molecule has 0 spiro atoms. The molecule has 4 nitrogen and oxygen atoms in total. The molecule has 0 aliphatic heterocycles. The van der Waals surface area contributed by atoms with E-state index >= 15 is 0 Å². The highest BCUT2D eigenvalue weighted by Crippen LogP contribution is 2.29. The Labute approximate surface area is 111 Å². The molecule has 7 heteroatoms. The number of aryl methyl sites for hydroxylation is 1. The van der Waals surface area contributed by atoms with Crippen LogP contribution in [0.15, 0.2) is 12.1 Å². The molecule has 0 aliphatic carbocycles. The van der Waals surface area contributed by atoms with Gasteiger partial charge in [-0.15, -0.1) is 0 Å². The van der Waals surface area contributed by atoms with Crippen molar-refractivity contribution in [1.82, 2.24) is 0 Å². The number of halogens is 2. The Kier molecular flexibility index (Phi) is 4.66. The second-order valence-electron chi connectivity index (χ2n) is 3.77. The van der Waals surface area contributed by atoms with E-state index < -0.39 is 15.3 Å². The standard InChI is InChI=1S/C10H14Cl2N2O2S/c1-6-3-9(12)10(4-8(6)11)14-17(15,16)7(2)5-13/h3-4,7,14H,5,13H2,1-2H3. The molecule has 1 aromatic carbocycles. The first-order chi connectivity index (χ1) is 7.77. The molecule has 1 aromatic rings. The van der Waals surface area contributed by atoms with Crippen LogP contribution >= 0.6 is 23.2 Å². The van der Waals surface area contributed by atoms with Gasteiger partial charge in [-0.2, -0.15) is 0 Å². The van der Waals surface area contributed by atoms with Gasteiger partial charge in [-0.25, -0.2) is 8.42 Å². The van der Waals surface area contributed by atoms with E-state index in [1.165, 1.54) is 13.0 Å². The summed E-state index contributed by atoms with van der Waals surface area (Å²) in [7, 11) is -3.53. The predicted molar refractivity (Wildman–Crippen MR) is 72.3 cm³/mol. The lowest BCUT2D eigenvalue weighted by Crippen LogP contribution is -2.31. The maximum Gasteiger partial charge on any atom is 0.236 e. The van der Waals surface area contributed by atoms with E-state index in [9.17, 15) is 8.42 Å². The van der Waals surface area contributed by atoms with Gasteiger partial charge in [-0.1, -0.05) is 23.2 Å². The van der Waals surface area contributed by atoms with Gasteiger partial charge in [-0.3, -0.25) is 4.72 Å². The van der Waals surface area contributed by atoms with Crippen LogP contribution in [-0.4, -0.2) is 20.2 Å². The maximum atomic E-state index is 11.8. The van der Waals surface area contributed by atoms with Crippen molar-refractivity contribution in [2.45, 2.75) is 19.1 Å². The van der Waals surface area contributed by atoms with Gasteiger partial charge < -0.3 is 5.73 Å². The van der Waals surface area contributed by atoms with Crippen LogP contribution < -0.4 is 10.5 Å². The molecule has 0 heterocycles. The molecule has 0 radical (unpaired) electrons. The molecule has 0 saturated heterocycles. The van der Waals surface area contributed by atoms with Crippen LogP contribution in [0.25, 0.3) is 0 Å². The van der Waals surface area contributed by atoms with Crippen molar-refractivity contribution in [3.8, 4) is 0 Å². The summed E-state index contributed by atoms with van der Waals surface area (Å²) >= 11 is 11.8. The van der Waals surface area contributed by atoms with E-state index in [4.69, 9.17) is 28.9 Å². The van der Waals surface area contributed by atoms with Crippen molar-refractivity contribution < 1.29 is 8.42 Å². The molecule has 1 atom stereocenters. The summed E-state index contributed by atoms with van der Waals surface area (Å²) in [5.74, 6) is 0. The topological polar surface area (TPSA) is 72.2 Å². The summed E-state index contributed by atoms with van der Waals surface area (Å²) in [6, 6.07) is 3.09. The number of sulfonamides is 1. The Balaban J connectivity index is 3.08. The zero-order valence-electron chi connectivity index (χ0n) is 9.50. The lowest BCUT2D eigenvalue weighted by Gasteiger charge is -2.14. The van der Waals surface area contributed by atoms with Gasteiger partial charge in [-0.05, 0) is 31.5 Å². The SMILES string of the molecule is Cc1cc(Cl)c(NS(=O)(=O)C(C)CN)cc1Cl. The van der Waals surface area contributed by atoms with Crippen LogP contribution in [0.2, 0.25) is 10.0 Å². The van der Waals surface area contributed by atoms with E-state index in [0.29, 0.717) is 10.0 Å². The predicted octanol–water partition coefficient (Wildman–Crippen LogP) is 2.39. The molecule has 0 saturated carbocycles. The number of nitrogens with one attached hydrogen (secondary N) is 1. The smallest absolute Gasteiger partial charge is 0.236 e. The second-order valence-corrected chi connectivity index (χ2v) is 6.69. The molecule has 3 N–H and O–H groups in total. The zero-order chi connectivity index (χ0) is 13.2. The lowest BCUT2D eigenvalue weighted by molar-refractivity contribution is 0.589. The average molecular weight is 297 g/mol. The molecule has 1 rings (SSSR count). The van der Waals surface area contributed by atoms with Gasteiger partial charge in [0.15, 0.2) is 0 Å². The third-order valence-corrected chi connectivity index (χ3v) is 4.84. The first-order valence-electron chi connectivity index (χ1n) is 4.95. The van der Waals surface area contributed by atoms with Gasteiger partial charge in [0.1, 0.15) is 0 Å². The minimum atomic E-state index is -3.53. The zero-order valence-corrected chi connectivity index (χ0v) is 11.8. The van der Waals surface area contributed by atoms with Crippen LogP contribution in [0.1, 0.15) is 12.5 Å². The fourth-order valence-corrected chi connectivity index (χ4v) is 2.52. The van der Waals surface area contributed by atoms with Crippen molar-refractivity contribution >= 4 is 38.9 Å². The third-order valence-electron chi connectivity index (χ3n) is 2.36. The van der Waals surface area contributed by atoms with E-state index in [-0.39, 0.29) is 12.2 Å². The average Bonchev–Trinajstić information content (AvgIpc) is 2.24. The number of nitrogens with two attached hydrogens (primary N) is 1. The Morgan fingerprint density at radius 2 is 1.94 bits per heavy atom. The fraction of sp³-hybridized carbons (Fsp3) is 0.400. The minimum absolute atomic E-state index is 0.0343. The fourth-order valence-electron chi connectivity index (χ4n) is 1.11. The third kappa shape index (κ3) is 3.48. The minimum Gasteiger partial charge on any atom is -0.329 e. The Morgan fingerprint density at radius 1 is 1.35 bits per heavy atom. The Bertz CT molecular complexity index is 517. The van der Waals surface area contributed by atoms with Crippen LogP contribution in [0.4, 0.5) is 5.69 Å². The van der Waals surface area contributed by atoms with Gasteiger partial charge in [0.05, 0.1) is 16.0 Å². The molecular weight excluding hydrogens is 283 g/mol. The number of benzene rings is 1. The van der Waals surface area contributed by atoms with Crippen LogP contribution in [0.3, 0.4) is 0 Å². The van der Waals surface area contributed by atoms with Crippen LogP contribution in [0, 0.1) is 6.92 Å². The van der Waals surface area contributed by atoms with Crippen molar-refractivity contribution in [2.24, 2.45) is 5.73 Å². The Hall–Kier alpha value is -0.490. The van der Waals surface area contributed by atoms with Gasteiger partial charge in [0, 0.05) is 11.6 Å². The molecule has 0 amide bonds.